The van der Waals surface area contributed by atoms with Crippen molar-refractivity contribution in [2.24, 2.45) is 0 Å². The van der Waals surface area contributed by atoms with Crippen LogP contribution in [0.15, 0.2) is 18.2 Å². The highest BCUT2D eigenvalue weighted by Crippen LogP contribution is 2.31. The van der Waals surface area contributed by atoms with Crippen LogP contribution in [0.1, 0.15) is 17.3 Å². The molecule has 1 aromatic carbocycles. The Morgan fingerprint density at radius 2 is 2.06 bits per heavy atom. The Hall–Kier alpha value is -1.24. The topological polar surface area (TPSA) is 46.5 Å². The lowest BCUT2D eigenvalue weighted by atomic mass is 10.1. The molecule has 1 rings (SSSR count). The van der Waals surface area contributed by atoms with E-state index < -0.39 is 28.5 Å². The van der Waals surface area contributed by atoms with Gasteiger partial charge < -0.3 is 9.84 Å². The van der Waals surface area contributed by atoms with Gasteiger partial charge in [-0.2, -0.15) is 0 Å². The number of benzene rings is 1. The molecule has 0 fully saturated rings. The summed E-state index contributed by atoms with van der Waals surface area (Å²) < 4.78 is 40.0. The maximum atomic E-state index is 12.1. The van der Waals surface area contributed by atoms with E-state index in [0.717, 1.165) is 18.2 Å². The second-order valence-electron chi connectivity index (χ2n) is 3.21. The summed E-state index contributed by atoms with van der Waals surface area (Å²) in [6, 6.07) is 2.94. The monoisotopic (exact) mass is 312 g/mol. The van der Waals surface area contributed by atoms with Crippen molar-refractivity contribution in [1.82, 2.24) is 0 Å². The first-order chi connectivity index (χ1) is 7.70. The average molecular weight is 313 g/mol. The van der Waals surface area contributed by atoms with Crippen molar-refractivity contribution in [3.63, 3.8) is 0 Å². The number of alkyl halides is 4. The second-order valence-corrected chi connectivity index (χ2v) is 4.58. The minimum Gasteiger partial charge on any atom is -0.508 e. The van der Waals surface area contributed by atoms with E-state index in [0.29, 0.717) is 0 Å². The van der Waals surface area contributed by atoms with Crippen molar-refractivity contribution in [1.29, 1.82) is 0 Å². The summed E-state index contributed by atoms with van der Waals surface area (Å²) in [4.78, 5) is 10.9. The van der Waals surface area contributed by atoms with Crippen molar-refractivity contribution in [2.75, 3.05) is 0 Å². The first kappa shape index (κ1) is 13.8. The van der Waals surface area contributed by atoms with Crippen molar-refractivity contribution in [3.05, 3.63) is 23.8 Å². The number of hydrogen-bond donors (Lipinski definition) is 1. The van der Waals surface area contributed by atoms with Crippen LogP contribution in [0.25, 0.3) is 0 Å². The van der Waals surface area contributed by atoms with E-state index in [9.17, 15) is 18.0 Å². The zero-order chi connectivity index (χ0) is 13.2. The number of halogens is 4. The highest BCUT2D eigenvalue weighted by atomic mass is 79.9. The van der Waals surface area contributed by atoms with E-state index in [1.54, 1.807) is 0 Å². The Balaban J connectivity index is 3.17. The van der Waals surface area contributed by atoms with Crippen LogP contribution in [0.5, 0.6) is 11.5 Å². The quantitative estimate of drug-likeness (QED) is 0.688. The number of rotatable bonds is 3. The molecule has 0 aliphatic carbocycles. The number of ketones is 1. The summed E-state index contributed by atoms with van der Waals surface area (Å²) in [5, 5.41) is 9.08. The van der Waals surface area contributed by atoms with E-state index in [4.69, 9.17) is 5.11 Å². The number of phenols is 1. The molecule has 0 aliphatic heterocycles. The lowest BCUT2D eigenvalue weighted by Gasteiger charge is -2.13. The smallest absolute Gasteiger partial charge is 0.508 e. The van der Waals surface area contributed by atoms with Crippen molar-refractivity contribution < 1.29 is 27.8 Å². The van der Waals surface area contributed by atoms with Crippen LogP contribution in [0.3, 0.4) is 0 Å². The predicted octanol–water partition coefficient (Wildman–Crippen LogP) is 3.26. The molecule has 1 atom stereocenters. The molecule has 1 unspecified atom stereocenters. The maximum absolute atomic E-state index is 12.1. The highest BCUT2D eigenvalue weighted by molar-refractivity contribution is 9.10. The van der Waals surface area contributed by atoms with Crippen LogP contribution in [-0.4, -0.2) is 22.1 Å². The average Bonchev–Trinajstić information content (AvgIpc) is 2.14. The predicted molar refractivity (Wildman–Crippen MR) is 57.5 cm³/mol. The molecule has 0 heterocycles. The number of carbonyl (C=O) groups is 1. The number of ether oxygens (including phenoxy) is 1. The maximum Gasteiger partial charge on any atom is 0.573 e. The first-order valence-electron chi connectivity index (χ1n) is 4.48. The summed E-state index contributed by atoms with van der Waals surface area (Å²) >= 11 is 2.96. The number of hydrogen-bond acceptors (Lipinski definition) is 3. The standard InChI is InChI=1S/C10H8BrF3O3/c1-5(11)9(16)7-3-2-6(15)4-8(7)17-10(12,13)14/h2-5,15H,1H3. The molecule has 0 aromatic heterocycles. The third-order valence-electron chi connectivity index (χ3n) is 1.82. The lowest BCUT2D eigenvalue weighted by molar-refractivity contribution is -0.274. The fourth-order valence-electron chi connectivity index (χ4n) is 1.14. The van der Waals surface area contributed by atoms with Gasteiger partial charge in [-0.05, 0) is 19.1 Å². The van der Waals surface area contributed by atoms with E-state index in [2.05, 4.69) is 20.7 Å². The third-order valence-corrected chi connectivity index (χ3v) is 2.23. The van der Waals surface area contributed by atoms with E-state index >= 15 is 0 Å². The molecule has 0 amide bonds. The number of phenolic OH excluding ortho intramolecular Hbond substituents is 1. The second kappa shape index (κ2) is 4.95. The fourth-order valence-corrected chi connectivity index (χ4v) is 1.38. The van der Waals surface area contributed by atoms with Gasteiger partial charge in [-0.25, -0.2) is 0 Å². The van der Waals surface area contributed by atoms with Crippen LogP contribution in [0, 0.1) is 0 Å². The number of Topliss-reactive ketones (excluding diaryl/α,β-unsaturated/α-hetero) is 1. The van der Waals surface area contributed by atoms with Gasteiger partial charge in [0.1, 0.15) is 11.5 Å². The Labute approximate surface area is 103 Å². The summed E-state index contributed by atoms with van der Waals surface area (Å²) in [5.74, 6) is -1.69. The Morgan fingerprint density at radius 3 is 2.53 bits per heavy atom. The Bertz CT molecular complexity index is 429. The minimum absolute atomic E-state index is 0.246. The first-order valence-corrected chi connectivity index (χ1v) is 5.39. The molecular formula is C10H8BrF3O3. The zero-order valence-electron chi connectivity index (χ0n) is 8.58. The van der Waals surface area contributed by atoms with Gasteiger partial charge in [0.25, 0.3) is 0 Å². The SMILES string of the molecule is CC(Br)C(=O)c1ccc(O)cc1OC(F)(F)F. The molecule has 94 valence electrons. The van der Waals surface area contributed by atoms with Crippen molar-refractivity contribution in [3.8, 4) is 11.5 Å². The van der Waals surface area contributed by atoms with Crippen LogP contribution in [0.4, 0.5) is 13.2 Å². The zero-order valence-corrected chi connectivity index (χ0v) is 10.2. The number of carbonyl (C=O) groups excluding carboxylic acids is 1. The van der Waals surface area contributed by atoms with Gasteiger partial charge in [-0.1, -0.05) is 15.9 Å². The molecule has 0 saturated heterocycles. The van der Waals surface area contributed by atoms with E-state index in [1.807, 2.05) is 0 Å². The van der Waals surface area contributed by atoms with Gasteiger partial charge in [0.05, 0.1) is 10.4 Å². The molecule has 0 spiro atoms. The minimum atomic E-state index is -4.92. The van der Waals surface area contributed by atoms with Crippen molar-refractivity contribution >= 4 is 21.7 Å². The van der Waals surface area contributed by atoms with Gasteiger partial charge in [0.2, 0.25) is 0 Å². The molecule has 3 nitrogen and oxygen atoms in total. The summed E-state index contributed by atoms with van der Waals surface area (Å²) in [6.45, 7) is 1.48. The van der Waals surface area contributed by atoms with Crippen LogP contribution >= 0.6 is 15.9 Å². The number of aromatic hydroxyl groups is 1. The molecule has 0 bridgehead atoms. The fraction of sp³-hybridized carbons (Fsp3) is 0.300. The largest absolute Gasteiger partial charge is 0.573 e. The summed E-state index contributed by atoms with van der Waals surface area (Å²) in [5.41, 5.74) is -0.246. The third kappa shape index (κ3) is 3.92. The molecule has 17 heavy (non-hydrogen) atoms. The molecule has 1 N–H and O–H groups in total. The van der Waals surface area contributed by atoms with Gasteiger partial charge in [-0.15, -0.1) is 13.2 Å². The van der Waals surface area contributed by atoms with Crippen LogP contribution < -0.4 is 4.74 Å². The van der Waals surface area contributed by atoms with Gasteiger partial charge in [0.15, 0.2) is 5.78 Å². The summed E-state index contributed by atoms with van der Waals surface area (Å²) in [6.07, 6.45) is -4.92. The van der Waals surface area contributed by atoms with Crippen LogP contribution in [0.2, 0.25) is 0 Å². The molecule has 0 saturated carbocycles. The molecule has 0 aliphatic rings. The highest BCUT2D eigenvalue weighted by Gasteiger charge is 2.33. The summed E-state index contributed by atoms with van der Waals surface area (Å²) in [7, 11) is 0. The molecular weight excluding hydrogens is 305 g/mol. The van der Waals surface area contributed by atoms with Crippen LogP contribution in [-0.2, 0) is 0 Å². The van der Waals surface area contributed by atoms with Crippen molar-refractivity contribution in [2.45, 2.75) is 18.1 Å². The van der Waals surface area contributed by atoms with Gasteiger partial charge in [-0.3, -0.25) is 4.79 Å². The lowest BCUT2D eigenvalue weighted by Crippen LogP contribution is -2.20. The Morgan fingerprint density at radius 1 is 1.47 bits per heavy atom. The Kier molecular flexibility index (Phi) is 4.03. The van der Waals surface area contributed by atoms with E-state index in [1.165, 1.54) is 6.92 Å². The van der Waals surface area contributed by atoms with Gasteiger partial charge >= 0.3 is 6.36 Å². The normalized spacial score (nSPS) is 13.2. The molecule has 7 heteroatoms. The molecule has 0 radical (unpaired) electrons. The van der Waals surface area contributed by atoms with Gasteiger partial charge in [0, 0.05) is 6.07 Å². The molecule has 1 aromatic rings. The van der Waals surface area contributed by atoms with E-state index in [-0.39, 0.29) is 5.56 Å².